The Balaban J connectivity index is 1.41. The molecule has 1 atom stereocenters. The molecule has 0 aromatic heterocycles. The number of likely N-dealkylation sites (tertiary alicyclic amines) is 1. The van der Waals surface area contributed by atoms with Crippen molar-refractivity contribution < 1.29 is 31.9 Å². The number of hydrogen-bond acceptors (Lipinski definition) is 4. The van der Waals surface area contributed by atoms with Gasteiger partial charge in [0.2, 0.25) is 0 Å². The van der Waals surface area contributed by atoms with Crippen LogP contribution in [0.1, 0.15) is 28.4 Å². The van der Waals surface area contributed by atoms with E-state index < -0.39 is 52.9 Å². The smallest absolute Gasteiger partial charge is 0.341 e. The Morgan fingerprint density at radius 3 is 2.32 bits per heavy atom. The van der Waals surface area contributed by atoms with Crippen LogP contribution in [0.15, 0.2) is 35.4 Å². The molecule has 0 aliphatic carbocycles. The van der Waals surface area contributed by atoms with Crippen LogP contribution >= 0.6 is 0 Å². The van der Waals surface area contributed by atoms with E-state index in [1.54, 1.807) is 0 Å². The Kier molecular flexibility index (Phi) is 5.25. The van der Waals surface area contributed by atoms with Gasteiger partial charge in [-0.2, -0.15) is 5.10 Å². The number of primary amides is 1. The van der Waals surface area contributed by atoms with Gasteiger partial charge in [0.05, 0.1) is 24.7 Å². The summed E-state index contributed by atoms with van der Waals surface area (Å²) < 4.78 is 60.0. The average molecular weight is 436 g/mol. The summed E-state index contributed by atoms with van der Waals surface area (Å²) >= 11 is 0. The van der Waals surface area contributed by atoms with E-state index in [2.05, 4.69) is 5.10 Å². The maximum Gasteiger partial charge on any atom is 0.341 e. The SMILES string of the molecule is NC(=O)c1cc(OC2CN(C(=O)N3N=CC[C@H]3c3cc(F)cc(F)c3)C2)c(F)cc1F. The van der Waals surface area contributed by atoms with E-state index in [0.717, 1.165) is 29.3 Å². The summed E-state index contributed by atoms with van der Waals surface area (Å²) in [7, 11) is 0. The third-order valence-electron chi connectivity index (χ3n) is 4.99. The van der Waals surface area contributed by atoms with Gasteiger partial charge >= 0.3 is 6.03 Å². The summed E-state index contributed by atoms with van der Waals surface area (Å²) in [6, 6.07) is 3.21. The monoisotopic (exact) mass is 436 g/mol. The summed E-state index contributed by atoms with van der Waals surface area (Å²) in [5.41, 5.74) is 4.80. The standard InChI is InChI=1S/C20H16F4N4O3/c21-11-3-10(4-12(22)5-11)17-1-2-26-28(17)20(30)27-8-13(9-27)31-18-6-14(19(25)29)15(23)7-16(18)24/h2-7,13,17H,1,8-9H2,(H2,25,29)/t17-/m0/s1. The molecular weight excluding hydrogens is 420 g/mol. The van der Waals surface area contributed by atoms with Crippen LogP contribution in [0.5, 0.6) is 5.75 Å². The van der Waals surface area contributed by atoms with Crippen molar-refractivity contribution in [3.63, 3.8) is 0 Å². The zero-order valence-electron chi connectivity index (χ0n) is 15.9. The Labute approximate surface area is 173 Å². The molecule has 2 aliphatic heterocycles. The Bertz CT molecular complexity index is 1070. The van der Waals surface area contributed by atoms with Crippen LogP contribution in [-0.2, 0) is 0 Å². The number of ether oxygens (including phenoxy) is 1. The van der Waals surface area contributed by atoms with Gasteiger partial charge in [-0.3, -0.25) is 4.79 Å². The second kappa shape index (κ2) is 7.89. The molecule has 2 N–H and O–H groups in total. The van der Waals surface area contributed by atoms with Gasteiger partial charge in [0.25, 0.3) is 5.91 Å². The number of amides is 3. The second-order valence-corrected chi connectivity index (χ2v) is 7.15. The molecule has 31 heavy (non-hydrogen) atoms. The topological polar surface area (TPSA) is 88.2 Å². The molecule has 4 rings (SSSR count). The van der Waals surface area contributed by atoms with Crippen LogP contribution in [-0.4, -0.2) is 47.3 Å². The summed E-state index contributed by atoms with van der Waals surface area (Å²) in [5.74, 6) is -5.06. The molecular formula is C20H16F4N4O3. The van der Waals surface area contributed by atoms with Crippen LogP contribution < -0.4 is 10.5 Å². The molecule has 2 aromatic carbocycles. The molecule has 0 unspecified atom stereocenters. The number of carbonyl (C=O) groups excluding carboxylic acids is 2. The van der Waals surface area contributed by atoms with Crippen molar-refractivity contribution in [2.24, 2.45) is 10.8 Å². The average Bonchev–Trinajstić information content (AvgIpc) is 3.14. The molecule has 3 amide bonds. The quantitative estimate of drug-likeness (QED) is 0.748. The maximum atomic E-state index is 13.9. The fourth-order valence-corrected chi connectivity index (χ4v) is 3.44. The van der Waals surface area contributed by atoms with Gasteiger partial charge in [-0.15, -0.1) is 0 Å². The van der Waals surface area contributed by atoms with Crippen molar-refractivity contribution in [3.05, 3.63) is 64.7 Å². The van der Waals surface area contributed by atoms with Gasteiger partial charge in [-0.1, -0.05) is 0 Å². The molecule has 0 spiro atoms. The molecule has 1 saturated heterocycles. The molecule has 162 valence electrons. The van der Waals surface area contributed by atoms with Gasteiger partial charge in [-0.05, 0) is 23.8 Å². The number of rotatable bonds is 4. The summed E-state index contributed by atoms with van der Waals surface area (Å²) in [6.45, 7) is 0.135. The first kappa shape index (κ1) is 20.6. The molecule has 2 aliphatic rings. The first-order chi connectivity index (χ1) is 14.7. The molecule has 0 bridgehead atoms. The third-order valence-corrected chi connectivity index (χ3v) is 4.99. The fourth-order valence-electron chi connectivity index (χ4n) is 3.44. The van der Waals surface area contributed by atoms with E-state index in [1.807, 2.05) is 0 Å². The van der Waals surface area contributed by atoms with E-state index in [1.165, 1.54) is 11.1 Å². The minimum atomic E-state index is -1.10. The van der Waals surface area contributed by atoms with Crippen molar-refractivity contribution in [1.29, 1.82) is 0 Å². The third kappa shape index (κ3) is 4.03. The number of nitrogens with zero attached hydrogens (tertiary/aromatic N) is 3. The lowest BCUT2D eigenvalue weighted by molar-refractivity contribution is 0.0256. The zero-order chi connectivity index (χ0) is 22.3. The predicted molar refractivity (Wildman–Crippen MR) is 100 cm³/mol. The van der Waals surface area contributed by atoms with Gasteiger partial charge in [0, 0.05) is 24.8 Å². The highest BCUT2D eigenvalue weighted by atomic mass is 19.1. The van der Waals surface area contributed by atoms with Crippen molar-refractivity contribution in [1.82, 2.24) is 9.91 Å². The minimum Gasteiger partial charge on any atom is -0.484 e. The highest BCUT2D eigenvalue weighted by molar-refractivity contribution is 5.93. The first-order valence-corrected chi connectivity index (χ1v) is 9.25. The van der Waals surface area contributed by atoms with Crippen molar-refractivity contribution >= 4 is 18.2 Å². The Hall–Kier alpha value is -3.63. The normalized spacial score (nSPS) is 18.3. The van der Waals surface area contributed by atoms with Crippen LogP contribution in [0.2, 0.25) is 0 Å². The number of nitrogens with two attached hydrogens (primary N) is 1. The molecule has 0 radical (unpaired) electrons. The first-order valence-electron chi connectivity index (χ1n) is 9.25. The lowest BCUT2D eigenvalue weighted by Crippen LogP contribution is -2.58. The largest absolute Gasteiger partial charge is 0.484 e. The highest BCUT2D eigenvalue weighted by Gasteiger charge is 2.39. The lowest BCUT2D eigenvalue weighted by Gasteiger charge is -2.41. The number of hydrazone groups is 1. The van der Waals surface area contributed by atoms with Crippen LogP contribution in [0.25, 0.3) is 0 Å². The molecule has 1 fully saturated rings. The number of halogens is 4. The molecule has 0 saturated carbocycles. The van der Waals surface area contributed by atoms with Gasteiger partial charge in [0.1, 0.15) is 23.6 Å². The van der Waals surface area contributed by atoms with Crippen LogP contribution in [0, 0.1) is 23.3 Å². The Morgan fingerprint density at radius 2 is 1.68 bits per heavy atom. The fraction of sp³-hybridized carbons (Fsp3) is 0.250. The molecule has 11 heteroatoms. The van der Waals surface area contributed by atoms with Gasteiger partial charge in [-0.25, -0.2) is 27.4 Å². The molecule has 2 heterocycles. The number of carbonyl (C=O) groups is 2. The van der Waals surface area contributed by atoms with Gasteiger partial charge in [0.15, 0.2) is 11.6 Å². The molecule has 7 nitrogen and oxygen atoms in total. The Morgan fingerprint density at radius 1 is 1.00 bits per heavy atom. The van der Waals surface area contributed by atoms with Crippen molar-refractivity contribution in [2.75, 3.05) is 13.1 Å². The lowest BCUT2D eigenvalue weighted by atomic mass is 10.0. The van der Waals surface area contributed by atoms with E-state index in [9.17, 15) is 27.2 Å². The summed E-state index contributed by atoms with van der Waals surface area (Å²) in [6.07, 6.45) is 1.15. The van der Waals surface area contributed by atoms with E-state index in [4.69, 9.17) is 10.5 Å². The molecule has 2 aromatic rings. The van der Waals surface area contributed by atoms with Crippen LogP contribution in [0.4, 0.5) is 22.4 Å². The second-order valence-electron chi connectivity index (χ2n) is 7.15. The zero-order valence-corrected chi connectivity index (χ0v) is 15.9. The van der Waals surface area contributed by atoms with E-state index in [-0.39, 0.29) is 24.4 Å². The van der Waals surface area contributed by atoms with E-state index in [0.29, 0.717) is 12.5 Å². The summed E-state index contributed by atoms with van der Waals surface area (Å²) in [5, 5.41) is 5.12. The van der Waals surface area contributed by atoms with E-state index >= 15 is 0 Å². The highest BCUT2D eigenvalue weighted by Crippen LogP contribution is 2.32. The van der Waals surface area contributed by atoms with Crippen molar-refractivity contribution in [3.8, 4) is 5.75 Å². The van der Waals surface area contributed by atoms with Crippen molar-refractivity contribution in [2.45, 2.75) is 18.6 Å². The number of hydrogen-bond donors (Lipinski definition) is 1. The maximum absolute atomic E-state index is 13.9. The summed E-state index contributed by atoms with van der Waals surface area (Å²) in [4.78, 5) is 25.3. The van der Waals surface area contributed by atoms with Gasteiger partial charge < -0.3 is 15.4 Å². The number of benzene rings is 2. The number of urea groups is 1. The van der Waals surface area contributed by atoms with Crippen LogP contribution in [0.3, 0.4) is 0 Å². The predicted octanol–water partition coefficient (Wildman–Crippen LogP) is 2.96. The minimum absolute atomic E-state index is 0.0673.